The van der Waals surface area contributed by atoms with E-state index in [0.29, 0.717) is 18.0 Å². The van der Waals surface area contributed by atoms with Crippen LogP contribution in [0.5, 0.6) is 0 Å². The molecule has 2 aromatic carbocycles. The third kappa shape index (κ3) is 3.65. The first-order chi connectivity index (χ1) is 17.5. The molecule has 0 unspecified atom stereocenters. The lowest BCUT2D eigenvalue weighted by Crippen LogP contribution is -2.16. The van der Waals surface area contributed by atoms with Gasteiger partial charge in [0.25, 0.3) is 0 Å². The predicted molar refractivity (Wildman–Crippen MR) is 142 cm³/mol. The van der Waals surface area contributed by atoms with Crippen LogP contribution < -0.4 is 0 Å². The Morgan fingerprint density at radius 2 is 1.92 bits per heavy atom. The van der Waals surface area contributed by atoms with Crippen LogP contribution in [-0.4, -0.2) is 38.7 Å². The normalized spacial score (nSPS) is 16.4. The van der Waals surface area contributed by atoms with Gasteiger partial charge in [-0.25, -0.2) is 9.18 Å². The number of carbonyl (C=O) groups is 1. The summed E-state index contributed by atoms with van der Waals surface area (Å²) in [5.41, 5.74) is 6.89. The van der Waals surface area contributed by atoms with Crippen LogP contribution >= 0.6 is 0 Å². The van der Waals surface area contributed by atoms with Gasteiger partial charge in [-0.2, -0.15) is 0 Å². The van der Waals surface area contributed by atoms with E-state index in [0.717, 1.165) is 71.8 Å². The standard InChI is InChI=1S/C30H34FN3O2/c1-3-32(2)17-21-18-33-14-7-15-34-25-16-20(30(35)36)10-11-22(25)26(19-8-5-4-6-9-19)29(34)23-12-13-24(31)27(21)28(23)33/h10-13,16,18-19H,3-9,14-15,17H2,1-2H3,(H,35,36). The molecule has 1 aliphatic heterocycles. The number of benzene rings is 2. The number of hydrogen-bond acceptors (Lipinski definition) is 2. The monoisotopic (exact) mass is 487 g/mol. The van der Waals surface area contributed by atoms with Crippen LogP contribution in [0.1, 0.15) is 72.9 Å². The van der Waals surface area contributed by atoms with Crippen molar-refractivity contribution in [1.29, 1.82) is 0 Å². The number of carboxylic acid groups (broad SMARTS) is 1. The number of aryl methyl sites for hydroxylation is 2. The van der Waals surface area contributed by atoms with E-state index >= 15 is 4.39 Å². The van der Waals surface area contributed by atoms with E-state index in [2.05, 4.69) is 34.2 Å². The van der Waals surface area contributed by atoms with E-state index in [4.69, 9.17) is 0 Å². The maximum Gasteiger partial charge on any atom is 0.335 e. The SMILES string of the molecule is CCN(C)Cc1cn2c3c(ccc(F)c13)-c1c(C3CCCCC3)c3ccc(C(=O)O)cc3n1CCC2. The summed E-state index contributed by atoms with van der Waals surface area (Å²) in [6.45, 7) is 5.35. The number of carboxylic acids is 1. The molecule has 0 radical (unpaired) electrons. The lowest BCUT2D eigenvalue weighted by atomic mass is 9.81. The third-order valence-electron chi connectivity index (χ3n) is 8.43. The highest BCUT2D eigenvalue weighted by atomic mass is 19.1. The molecule has 188 valence electrons. The van der Waals surface area contributed by atoms with E-state index < -0.39 is 5.97 Å². The molecule has 0 saturated heterocycles. The van der Waals surface area contributed by atoms with Crippen molar-refractivity contribution in [2.24, 2.45) is 0 Å². The van der Waals surface area contributed by atoms with Crippen LogP contribution in [-0.2, 0) is 19.6 Å². The van der Waals surface area contributed by atoms with E-state index in [1.807, 2.05) is 18.2 Å². The molecule has 1 saturated carbocycles. The molecule has 1 fully saturated rings. The summed E-state index contributed by atoms with van der Waals surface area (Å²) in [6.07, 6.45) is 9.05. The zero-order valence-electron chi connectivity index (χ0n) is 21.2. The zero-order valence-corrected chi connectivity index (χ0v) is 21.2. The molecule has 1 aliphatic carbocycles. The Bertz CT molecular complexity index is 1480. The van der Waals surface area contributed by atoms with Crippen LogP contribution in [0.2, 0.25) is 0 Å². The summed E-state index contributed by atoms with van der Waals surface area (Å²) >= 11 is 0. The molecule has 2 aromatic heterocycles. The zero-order chi connectivity index (χ0) is 25.0. The maximum atomic E-state index is 15.5. The van der Waals surface area contributed by atoms with Gasteiger partial charge in [-0.3, -0.25) is 0 Å². The smallest absolute Gasteiger partial charge is 0.335 e. The predicted octanol–water partition coefficient (Wildman–Crippen LogP) is 7.00. The first-order valence-electron chi connectivity index (χ1n) is 13.4. The topological polar surface area (TPSA) is 50.4 Å². The lowest BCUT2D eigenvalue weighted by Gasteiger charge is -2.25. The summed E-state index contributed by atoms with van der Waals surface area (Å²) < 4.78 is 20.1. The molecule has 0 amide bonds. The van der Waals surface area contributed by atoms with E-state index in [1.165, 1.54) is 30.5 Å². The van der Waals surface area contributed by atoms with E-state index in [9.17, 15) is 9.90 Å². The van der Waals surface area contributed by atoms with Gasteiger partial charge in [0.2, 0.25) is 0 Å². The van der Waals surface area contributed by atoms with E-state index in [1.54, 1.807) is 12.1 Å². The second-order valence-electron chi connectivity index (χ2n) is 10.6. The van der Waals surface area contributed by atoms with Crippen molar-refractivity contribution in [1.82, 2.24) is 14.0 Å². The number of aromatic nitrogens is 2. The number of hydrogen-bond donors (Lipinski definition) is 1. The molecule has 0 spiro atoms. The molecule has 36 heavy (non-hydrogen) atoms. The summed E-state index contributed by atoms with van der Waals surface area (Å²) in [5.74, 6) is -0.635. The highest BCUT2D eigenvalue weighted by Crippen LogP contribution is 2.47. The van der Waals surface area contributed by atoms with Crippen molar-refractivity contribution in [3.05, 3.63) is 59.0 Å². The molecule has 0 bridgehead atoms. The average Bonchev–Trinajstić information content (AvgIpc) is 3.39. The first kappa shape index (κ1) is 23.3. The molecule has 5 nitrogen and oxygen atoms in total. The third-order valence-corrected chi connectivity index (χ3v) is 8.43. The second kappa shape index (κ2) is 9.07. The molecule has 6 rings (SSSR count). The van der Waals surface area contributed by atoms with Crippen molar-refractivity contribution in [2.45, 2.75) is 71.0 Å². The number of nitrogens with zero attached hydrogens (tertiary/aromatic N) is 3. The largest absolute Gasteiger partial charge is 0.478 e. The molecule has 3 heterocycles. The number of rotatable bonds is 5. The molecule has 4 aromatic rings. The molecular formula is C30H34FN3O2. The van der Waals surface area contributed by atoms with Crippen molar-refractivity contribution in [2.75, 3.05) is 13.6 Å². The van der Waals surface area contributed by atoms with Crippen molar-refractivity contribution in [3.63, 3.8) is 0 Å². The Balaban J connectivity index is 1.69. The summed E-state index contributed by atoms with van der Waals surface area (Å²) in [5, 5.41) is 11.6. The van der Waals surface area contributed by atoms with Crippen LogP contribution in [0.3, 0.4) is 0 Å². The number of aromatic carboxylic acids is 1. The van der Waals surface area contributed by atoms with Gasteiger partial charge < -0.3 is 19.1 Å². The second-order valence-corrected chi connectivity index (χ2v) is 10.6. The average molecular weight is 488 g/mol. The summed E-state index contributed by atoms with van der Waals surface area (Å²) in [4.78, 5) is 14.1. The Morgan fingerprint density at radius 1 is 1.11 bits per heavy atom. The van der Waals surface area contributed by atoms with Gasteiger partial charge in [0.15, 0.2) is 0 Å². The van der Waals surface area contributed by atoms with Crippen molar-refractivity contribution in [3.8, 4) is 11.3 Å². The fraction of sp³-hybridized carbons (Fsp3) is 0.433. The molecule has 1 N–H and O–H groups in total. The van der Waals surface area contributed by atoms with Crippen molar-refractivity contribution < 1.29 is 14.3 Å². The quantitative estimate of drug-likeness (QED) is 0.330. The van der Waals surface area contributed by atoms with Gasteiger partial charge in [-0.05, 0) is 74.2 Å². The first-order valence-corrected chi connectivity index (χ1v) is 13.4. The highest BCUT2D eigenvalue weighted by molar-refractivity contribution is 6.03. The minimum absolute atomic E-state index is 0.164. The van der Waals surface area contributed by atoms with Crippen LogP contribution in [0.25, 0.3) is 33.1 Å². The minimum atomic E-state index is -0.903. The van der Waals surface area contributed by atoms with Crippen LogP contribution in [0.4, 0.5) is 4.39 Å². The van der Waals surface area contributed by atoms with Gasteiger partial charge in [0, 0.05) is 47.7 Å². The Labute approximate surface area is 211 Å². The van der Waals surface area contributed by atoms with Crippen LogP contribution in [0.15, 0.2) is 36.5 Å². The number of fused-ring (bicyclic) bond motifs is 4. The fourth-order valence-corrected chi connectivity index (χ4v) is 6.61. The van der Waals surface area contributed by atoms with Crippen LogP contribution in [0, 0.1) is 5.82 Å². The van der Waals surface area contributed by atoms with E-state index in [-0.39, 0.29) is 5.82 Å². The van der Waals surface area contributed by atoms with Crippen molar-refractivity contribution >= 4 is 27.8 Å². The van der Waals surface area contributed by atoms with Gasteiger partial charge >= 0.3 is 5.97 Å². The fourth-order valence-electron chi connectivity index (χ4n) is 6.61. The molecular weight excluding hydrogens is 453 g/mol. The Kier molecular flexibility index (Phi) is 5.87. The summed E-state index contributed by atoms with van der Waals surface area (Å²) in [7, 11) is 2.07. The molecule has 0 atom stereocenters. The maximum absolute atomic E-state index is 15.5. The van der Waals surface area contributed by atoms with Gasteiger partial charge in [0.1, 0.15) is 5.82 Å². The number of halogens is 1. The van der Waals surface area contributed by atoms with Gasteiger partial charge in [0.05, 0.1) is 16.8 Å². The highest BCUT2D eigenvalue weighted by Gasteiger charge is 2.30. The lowest BCUT2D eigenvalue weighted by molar-refractivity contribution is 0.0697. The Morgan fingerprint density at radius 3 is 2.67 bits per heavy atom. The minimum Gasteiger partial charge on any atom is -0.478 e. The Hall–Kier alpha value is -3.12. The van der Waals surface area contributed by atoms with Gasteiger partial charge in [-0.15, -0.1) is 0 Å². The van der Waals surface area contributed by atoms with Gasteiger partial charge in [-0.1, -0.05) is 32.3 Å². The molecule has 6 heteroatoms. The molecule has 2 aliphatic rings. The summed E-state index contributed by atoms with van der Waals surface area (Å²) in [6, 6.07) is 9.20.